The van der Waals surface area contributed by atoms with Crippen LogP contribution in [0.15, 0.2) is 30.3 Å². The predicted molar refractivity (Wildman–Crippen MR) is 178 cm³/mol. The Bertz CT molecular complexity index is 913. The summed E-state index contributed by atoms with van der Waals surface area (Å²) in [4.78, 5) is 7.78. The number of benzene rings is 1. The Hall–Kier alpha value is 0.394. The number of fused-ring (bicyclic) bond motifs is 1. The van der Waals surface area contributed by atoms with Gasteiger partial charge in [-0.1, -0.05) is 103 Å². The number of anilines is 1. The molecule has 4 nitrogen and oxygen atoms in total. The molecule has 0 amide bonds. The SMILES string of the molecule is C1CCOC1.CC(C)(C)[N-][Si](C)(C)c1cc(N2CCCC2)[c-]2ccccc12.C[Si](C)(C)[N-][Si](C)(C)C.[CH3-].[Lu]. The van der Waals surface area contributed by atoms with Crippen molar-refractivity contribution in [3.63, 3.8) is 0 Å². The predicted octanol–water partition coefficient (Wildman–Crippen LogP) is 9.02. The number of hydrogen-bond donors (Lipinski definition) is 0. The van der Waals surface area contributed by atoms with Gasteiger partial charge in [-0.3, -0.25) is 0 Å². The summed E-state index contributed by atoms with van der Waals surface area (Å²) in [5.74, 6) is 0. The number of rotatable bonds is 5. The molecule has 2 heterocycles. The molecule has 229 valence electrons. The van der Waals surface area contributed by atoms with Gasteiger partial charge in [-0.25, -0.2) is 0 Å². The normalized spacial score (nSPS) is 16.1. The molecule has 0 aromatic heterocycles. The average molecular weight is 735 g/mol. The molecule has 4 rings (SSSR count). The van der Waals surface area contributed by atoms with Crippen LogP contribution in [0.2, 0.25) is 52.4 Å². The summed E-state index contributed by atoms with van der Waals surface area (Å²) in [5, 5.41) is 4.35. The molecule has 2 fully saturated rings. The van der Waals surface area contributed by atoms with Crippen LogP contribution in [-0.2, 0) is 4.74 Å². The third-order valence-corrected chi connectivity index (χ3v) is 14.3. The molecule has 0 atom stereocenters. The summed E-state index contributed by atoms with van der Waals surface area (Å²) in [6.07, 6.45) is 5.20. The Morgan fingerprint density at radius 2 is 1.37 bits per heavy atom. The van der Waals surface area contributed by atoms with Crippen LogP contribution in [0.5, 0.6) is 0 Å². The van der Waals surface area contributed by atoms with Crippen molar-refractivity contribution < 1.29 is 41.6 Å². The minimum Gasteiger partial charge on any atom is -0.668 e. The van der Waals surface area contributed by atoms with Crippen molar-refractivity contribution in [2.75, 3.05) is 31.2 Å². The summed E-state index contributed by atoms with van der Waals surface area (Å²) in [6.45, 7) is 29.6. The molecule has 2 aliphatic rings. The van der Waals surface area contributed by atoms with Gasteiger partial charge in [0.1, 0.15) is 0 Å². The number of nitrogens with zero attached hydrogens (tertiary/aromatic N) is 3. The van der Waals surface area contributed by atoms with E-state index in [1.165, 1.54) is 60.4 Å². The van der Waals surface area contributed by atoms with Gasteiger partial charge in [0.15, 0.2) is 0 Å². The van der Waals surface area contributed by atoms with Gasteiger partial charge in [0.05, 0.1) is 0 Å². The number of hydrogen-bond acceptors (Lipinski definition) is 2. The zero-order chi connectivity index (χ0) is 27.2. The third-order valence-electron chi connectivity index (χ3n) is 5.99. The van der Waals surface area contributed by atoms with Crippen LogP contribution in [0.4, 0.5) is 5.69 Å². The van der Waals surface area contributed by atoms with E-state index in [2.05, 4.69) is 108 Å². The first-order valence-electron chi connectivity index (χ1n) is 14.0. The molecule has 0 bridgehead atoms. The van der Waals surface area contributed by atoms with Gasteiger partial charge in [-0.2, -0.15) is 5.19 Å². The Labute approximate surface area is 268 Å². The Kier molecular flexibility index (Phi) is 16.3. The second-order valence-corrected chi connectivity index (χ2v) is 27.3. The molecule has 0 saturated carbocycles. The van der Waals surface area contributed by atoms with Crippen molar-refractivity contribution in [3.05, 3.63) is 47.4 Å². The van der Waals surface area contributed by atoms with E-state index in [0.29, 0.717) is 0 Å². The fourth-order valence-electron chi connectivity index (χ4n) is 5.37. The van der Waals surface area contributed by atoms with Gasteiger partial charge in [0.25, 0.3) is 0 Å². The Balaban J connectivity index is 0.000000713. The average Bonchev–Trinajstić information content (AvgIpc) is 3.45. The van der Waals surface area contributed by atoms with Crippen LogP contribution in [0, 0.1) is 44.3 Å². The van der Waals surface area contributed by atoms with Gasteiger partial charge >= 0.3 is 0 Å². The van der Waals surface area contributed by atoms with Crippen molar-refractivity contribution in [2.24, 2.45) is 0 Å². The van der Waals surface area contributed by atoms with Crippen LogP contribution in [0.1, 0.15) is 46.5 Å². The molecule has 0 spiro atoms. The molecular formula is C30H57LuN3OSi3-4. The monoisotopic (exact) mass is 734 g/mol. The molecule has 2 saturated heterocycles. The smallest absolute Gasteiger partial charge is 0.0466 e. The summed E-state index contributed by atoms with van der Waals surface area (Å²) < 4.78 is 9.76. The van der Waals surface area contributed by atoms with Crippen molar-refractivity contribution in [2.45, 2.75) is 104 Å². The van der Waals surface area contributed by atoms with Gasteiger partial charge in [0.2, 0.25) is 0 Å². The fraction of sp³-hybridized carbons (Fsp3) is 0.667. The van der Waals surface area contributed by atoms with E-state index in [4.69, 9.17) is 14.4 Å². The standard InChI is InChI=1S/C19H28N2Si.C6H18NSi2.C4H8O.CH3.Lu/c1-19(2,3)20-22(4,5)18-14-17(21-12-8-9-13-21)15-10-6-7-11-16(15)18;1-8(2,3)7-9(4,5)6;1-2-4-5-3-1;;/h6-7,10-11,14H,8-9,12-13H2,1-5H3;1-6H3;1-4H2;1H3;/q-2;-1;;-1;. The van der Waals surface area contributed by atoms with Crippen LogP contribution < -0.4 is 10.1 Å². The Morgan fingerprint density at radius 3 is 1.76 bits per heavy atom. The molecule has 38 heavy (non-hydrogen) atoms. The van der Waals surface area contributed by atoms with Crippen LogP contribution >= 0.6 is 0 Å². The van der Waals surface area contributed by atoms with E-state index in [9.17, 15) is 0 Å². The quantitative estimate of drug-likeness (QED) is 0.227. The zero-order valence-electron chi connectivity index (χ0n) is 26.6. The molecule has 0 unspecified atom stereocenters. The van der Waals surface area contributed by atoms with Crippen molar-refractivity contribution in [1.82, 2.24) is 0 Å². The third kappa shape index (κ3) is 13.8. The van der Waals surface area contributed by atoms with E-state index < -0.39 is 24.7 Å². The molecule has 1 radical (unpaired) electrons. The molecule has 0 aliphatic carbocycles. The first kappa shape index (κ1) is 38.4. The molecule has 8 heteroatoms. The molecular weight excluding hydrogens is 678 g/mol. The van der Waals surface area contributed by atoms with Gasteiger partial charge in [-0.15, -0.1) is 41.3 Å². The summed E-state index contributed by atoms with van der Waals surface area (Å²) in [5.41, 5.74) is 1.47. The maximum Gasteiger partial charge on any atom is 0.0466 e. The number of ether oxygens (including phenoxy) is 1. The van der Waals surface area contributed by atoms with E-state index in [-0.39, 0.29) is 49.8 Å². The van der Waals surface area contributed by atoms with E-state index in [0.717, 1.165) is 13.2 Å². The second kappa shape index (κ2) is 16.1. The van der Waals surface area contributed by atoms with Crippen molar-refractivity contribution >= 4 is 46.4 Å². The molecule has 2 aliphatic heterocycles. The topological polar surface area (TPSA) is 40.7 Å². The summed E-state index contributed by atoms with van der Waals surface area (Å²) in [7, 11) is -4.02. The maximum absolute atomic E-state index is 5.22. The van der Waals surface area contributed by atoms with Crippen LogP contribution in [-0.4, -0.2) is 56.5 Å². The molecule has 2 aromatic rings. The van der Waals surface area contributed by atoms with Crippen LogP contribution in [0.3, 0.4) is 0 Å². The second-order valence-electron chi connectivity index (χ2n) is 13.8. The zero-order valence-corrected chi connectivity index (χ0v) is 31.2. The van der Waals surface area contributed by atoms with E-state index >= 15 is 0 Å². The summed E-state index contributed by atoms with van der Waals surface area (Å²) >= 11 is 0. The first-order valence-corrected chi connectivity index (χ1v) is 23.8. The van der Waals surface area contributed by atoms with Crippen molar-refractivity contribution in [3.8, 4) is 0 Å². The van der Waals surface area contributed by atoms with Crippen LogP contribution in [0.25, 0.3) is 20.4 Å². The first-order chi connectivity index (χ1) is 16.5. The summed E-state index contributed by atoms with van der Waals surface area (Å²) in [6, 6.07) is 11.4. The van der Waals surface area contributed by atoms with Gasteiger partial charge < -0.3 is 26.7 Å². The van der Waals surface area contributed by atoms with E-state index in [1.54, 1.807) is 0 Å². The van der Waals surface area contributed by atoms with E-state index in [1.807, 2.05) is 0 Å². The molecule has 2 aromatic carbocycles. The van der Waals surface area contributed by atoms with Gasteiger partial charge in [0, 0.05) is 63.2 Å². The molecule has 0 N–H and O–H groups in total. The fourth-order valence-corrected chi connectivity index (χ4v) is 16.6. The Morgan fingerprint density at radius 1 is 0.842 bits per heavy atom. The maximum atomic E-state index is 5.22. The van der Waals surface area contributed by atoms with Crippen molar-refractivity contribution in [1.29, 1.82) is 0 Å². The minimum atomic E-state index is -1.81. The minimum absolute atomic E-state index is 0. The largest absolute Gasteiger partial charge is 0.668 e. The van der Waals surface area contributed by atoms with Gasteiger partial charge in [-0.05, 0) is 31.4 Å².